The SMILES string of the molecule is COc1ccc([N+](=O)[O-])cc1N1C(=O)[C@@H]2[C@@H]3CCCN3[C@]3(C(=O)Nc4c(C)cc(Cl)cc43)[C@H]2C1=O. The Balaban J connectivity index is 1.57. The highest BCUT2D eigenvalue weighted by Crippen LogP contribution is 2.61. The number of nitrogens with one attached hydrogen (secondary N) is 1. The molecule has 4 heterocycles. The zero-order chi connectivity index (χ0) is 24.8. The molecule has 0 saturated carbocycles. The molecule has 1 N–H and O–H groups in total. The number of amides is 3. The van der Waals surface area contributed by atoms with Crippen LogP contribution in [0.4, 0.5) is 17.1 Å². The highest BCUT2D eigenvalue weighted by molar-refractivity contribution is 6.31. The van der Waals surface area contributed by atoms with Crippen LogP contribution in [0.1, 0.15) is 24.0 Å². The summed E-state index contributed by atoms with van der Waals surface area (Å²) in [6, 6.07) is 6.91. The number of hydrogen-bond donors (Lipinski definition) is 1. The van der Waals surface area contributed by atoms with E-state index in [0.717, 1.165) is 16.9 Å². The fraction of sp³-hybridized carbons (Fsp3) is 0.375. The first-order chi connectivity index (χ1) is 16.7. The van der Waals surface area contributed by atoms with Gasteiger partial charge in [-0.1, -0.05) is 11.6 Å². The molecule has 35 heavy (non-hydrogen) atoms. The van der Waals surface area contributed by atoms with Crippen molar-refractivity contribution in [3.63, 3.8) is 0 Å². The average Bonchev–Trinajstić information content (AvgIpc) is 3.52. The lowest BCUT2D eigenvalue weighted by atomic mass is 9.75. The number of carbonyl (C=O) groups excluding carboxylic acids is 3. The molecule has 0 aromatic heterocycles. The fourth-order valence-electron chi connectivity index (χ4n) is 6.64. The topological polar surface area (TPSA) is 122 Å². The minimum Gasteiger partial charge on any atom is -0.495 e. The van der Waals surface area contributed by atoms with E-state index in [9.17, 15) is 24.5 Å². The quantitative estimate of drug-likeness (QED) is 0.393. The van der Waals surface area contributed by atoms with Gasteiger partial charge in [0.05, 0.1) is 23.9 Å². The number of anilines is 2. The molecule has 2 aromatic rings. The van der Waals surface area contributed by atoms with Gasteiger partial charge in [0.15, 0.2) is 0 Å². The van der Waals surface area contributed by atoms with Crippen LogP contribution in [0, 0.1) is 28.9 Å². The van der Waals surface area contributed by atoms with Crippen molar-refractivity contribution < 1.29 is 24.0 Å². The van der Waals surface area contributed by atoms with Gasteiger partial charge in [-0.15, -0.1) is 0 Å². The van der Waals surface area contributed by atoms with Crippen LogP contribution >= 0.6 is 11.6 Å². The third-order valence-corrected chi connectivity index (χ3v) is 8.10. The van der Waals surface area contributed by atoms with Crippen LogP contribution in [-0.2, 0) is 19.9 Å². The number of fused-ring (bicyclic) bond motifs is 7. The maximum absolute atomic E-state index is 14.1. The van der Waals surface area contributed by atoms with Gasteiger partial charge in [-0.05, 0) is 50.1 Å². The number of nitro groups is 1. The molecular weight excluding hydrogens is 476 g/mol. The summed E-state index contributed by atoms with van der Waals surface area (Å²) in [6.07, 6.45) is 1.43. The van der Waals surface area contributed by atoms with E-state index in [4.69, 9.17) is 16.3 Å². The Morgan fingerprint density at radius 1 is 1.20 bits per heavy atom. The largest absolute Gasteiger partial charge is 0.495 e. The van der Waals surface area contributed by atoms with Crippen LogP contribution in [0.2, 0.25) is 5.02 Å². The van der Waals surface area contributed by atoms with Crippen LogP contribution in [0.25, 0.3) is 0 Å². The number of rotatable bonds is 3. The van der Waals surface area contributed by atoms with Gasteiger partial charge in [-0.3, -0.25) is 29.4 Å². The molecule has 180 valence electrons. The van der Waals surface area contributed by atoms with Crippen LogP contribution in [-0.4, -0.2) is 47.2 Å². The van der Waals surface area contributed by atoms with Crippen molar-refractivity contribution in [2.24, 2.45) is 11.8 Å². The number of carbonyl (C=O) groups is 3. The van der Waals surface area contributed by atoms with Crippen molar-refractivity contribution >= 4 is 46.4 Å². The van der Waals surface area contributed by atoms with Crippen LogP contribution < -0.4 is 15.0 Å². The highest BCUT2D eigenvalue weighted by Gasteiger charge is 2.75. The second-order valence-electron chi connectivity index (χ2n) is 9.40. The van der Waals surface area contributed by atoms with Crippen molar-refractivity contribution in [3.8, 4) is 5.75 Å². The standard InChI is InChI=1S/C24H21ClN4O6/c1-11-8-12(25)9-14-20(11)26-23(32)24(14)19-18(15-4-3-7-27(15)24)21(30)28(22(19)31)16-10-13(29(33)34)5-6-17(16)35-2/h5-6,8-10,15,18-19H,3-4,7H2,1-2H3,(H,26,32)/t15-,18+,19+,24-/m0/s1. The number of nitrogens with zero attached hydrogens (tertiary/aromatic N) is 3. The first-order valence-electron chi connectivity index (χ1n) is 11.3. The van der Waals surface area contributed by atoms with E-state index in [1.54, 1.807) is 12.1 Å². The molecule has 3 saturated heterocycles. The predicted octanol–water partition coefficient (Wildman–Crippen LogP) is 3.00. The molecule has 4 atom stereocenters. The third kappa shape index (κ3) is 2.61. The Kier molecular flexibility index (Phi) is 4.56. The molecular formula is C24H21ClN4O6. The number of benzene rings is 2. The Morgan fingerprint density at radius 3 is 2.69 bits per heavy atom. The van der Waals surface area contributed by atoms with Crippen LogP contribution in [0.5, 0.6) is 5.75 Å². The fourth-order valence-corrected chi connectivity index (χ4v) is 6.91. The van der Waals surface area contributed by atoms with E-state index in [1.165, 1.54) is 25.3 Å². The Labute approximate surface area is 204 Å². The van der Waals surface area contributed by atoms with E-state index in [2.05, 4.69) is 5.32 Å². The van der Waals surface area contributed by atoms with Crippen molar-refractivity contribution in [3.05, 3.63) is 56.6 Å². The number of ether oxygens (including phenoxy) is 1. The molecule has 6 rings (SSSR count). The van der Waals surface area contributed by atoms with Crippen LogP contribution in [0.15, 0.2) is 30.3 Å². The van der Waals surface area contributed by atoms with Gasteiger partial charge >= 0.3 is 0 Å². The Morgan fingerprint density at radius 2 is 1.97 bits per heavy atom. The molecule has 0 radical (unpaired) electrons. The first kappa shape index (κ1) is 22.0. The van der Waals surface area contributed by atoms with Gasteiger partial charge in [0.2, 0.25) is 17.7 Å². The second-order valence-corrected chi connectivity index (χ2v) is 9.83. The number of imide groups is 1. The van der Waals surface area contributed by atoms with Crippen LogP contribution in [0.3, 0.4) is 0 Å². The van der Waals surface area contributed by atoms with Gasteiger partial charge in [-0.25, -0.2) is 4.90 Å². The first-order valence-corrected chi connectivity index (χ1v) is 11.7. The summed E-state index contributed by atoms with van der Waals surface area (Å²) in [6.45, 7) is 2.40. The van der Waals surface area contributed by atoms with Gasteiger partial charge in [0.25, 0.3) is 5.69 Å². The normalized spacial score (nSPS) is 28.9. The summed E-state index contributed by atoms with van der Waals surface area (Å²) in [7, 11) is 1.36. The third-order valence-electron chi connectivity index (χ3n) is 7.88. The number of non-ortho nitro benzene ring substituents is 1. The number of aryl methyl sites for hydroxylation is 1. The molecule has 11 heteroatoms. The lowest BCUT2D eigenvalue weighted by Crippen LogP contribution is -2.54. The van der Waals surface area contributed by atoms with Gasteiger partial charge in [-0.2, -0.15) is 0 Å². The number of hydrogen-bond acceptors (Lipinski definition) is 7. The number of halogens is 1. The lowest BCUT2D eigenvalue weighted by Gasteiger charge is -2.36. The Hall–Kier alpha value is -3.50. The lowest BCUT2D eigenvalue weighted by molar-refractivity contribution is -0.384. The van der Waals surface area contributed by atoms with E-state index < -0.39 is 34.1 Å². The maximum atomic E-state index is 14.1. The summed E-state index contributed by atoms with van der Waals surface area (Å²) < 4.78 is 5.35. The van der Waals surface area contributed by atoms with E-state index in [1.807, 2.05) is 11.8 Å². The molecule has 1 spiro atoms. The summed E-state index contributed by atoms with van der Waals surface area (Å²) in [5, 5.41) is 14.8. The zero-order valence-electron chi connectivity index (χ0n) is 18.9. The molecule has 3 fully saturated rings. The minimum atomic E-state index is -1.38. The van der Waals surface area contributed by atoms with E-state index in [0.29, 0.717) is 29.2 Å². The molecule has 10 nitrogen and oxygen atoms in total. The second kappa shape index (κ2) is 7.25. The number of methoxy groups -OCH3 is 1. The zero-order valence-corrected chi connectivity index (χ0v) is 19.7. The molecule has 0 bridgehead atoms. The van der Waals surface area contributed by atoms with Crippen molar-refractivity contribution in [1.82, 2.24) is 4.90 Å². The smallest absolute Gasteiger partial charge is 0.271 e. The van der Waals surface area contributed by atoms with Gasteiger partial charge < -0.3 is 10.1 Å². The maximum Gasteiger partial charge on any atom is 0.271 e. The van der Waals surface area contributed by atoms with Crippen molar-refractivity contribution in [2.45, 2.75) is 31.3 Å². The minimum absolute atomic E-state index is 0.00620. The van der Waals surface area contributed by atoms with E-state index >= 15 is 0 Å². The summed E-state index contributed by atoms with van der Waals surface area (Å²) in [5.41, 5.74) is 0.324. The molecule has 0 unspecified atom stereocenters. The van der Waals surface area contributed by atoms with Crippen molar-refractivity contribution in [2.75, 3.05) is 23.9 Å². The number of nitro benzene ring substituents is 1. The van der Waals surface area contributed by atoms with Crippen molar-refractivity contribution in [1.29, 1.82) is 0 Å². The predicted molar refractivity (Wildman–Crippen MR) is 125 cm³/mol. The molecule has 2 aromatic carbocycles. The summed E-state index contributed by atoms with van der Waals surface area (Å²) in [5.74, 6) is -3.02. The average molecular weight is 497 g/mol. The molecule has 4 aliphatic rings. The monoisotopic (exact) mass is 496 g/mol. The Bertz CT molecular complexity index is 1360. The summed E-state index contributed by atoms with van der Waals surface area (Å²) >= 11 is 6.40. The van der Waals surface area contributed by atoms with E-state index in [-0.39, 0.29) is 29.1 Å². The molecule has 0 aliphatic carbocycles. The molecule has 4 aliphatic heterocycles. The molecule has 3 amide bonds. The summed E-state index contributed by atoms with van der Waals surface area (Å²) in [4.78, 5) is 55.6. The van der Waals surface area contributed by atoms with Gasteiger partial charge in [0, 0.05) is 34.4 Å². The highest BCUT2D eigenvalue weighted by atomic mass is 35.5. The van der Waals surface area contributed by atoms with Gasteiger partial charge in [0.1, 0.15) is 17.0 Å².